The Labute approximate surface area is 168 Å². The van der Waals surface area contributed by atoms with E-state index in [0.29, 0.717) is 39.6 Å². The molecule has 0 aromatic carbocycles. The van der Waals surface area contributed by atoms with Crippen LogP contribution < -0.4 is 0 Å². The Morgan fingerprint density at radius 1 is 0.815 bits per heavy atom. The van der Waals surface area contributed by atoms with Gasteiger partial charge >= 0.3 is 8.80 Å². The molecule has 0 aromatic heterocycles. The van der Waals surface area contributed by atoms with E-state index < -0.39 is 14.9 Å². The van der Waals surface area contributed by atoms with Crippen molar-refractivity contribution in [3.05, 3.63) is 0 Å². The minimum atomic E-state index is -2.58. The topological polar surface area (TPSA) is 60.4 Å². The third-order valence-corrected chi connectivity index (χ3v) is 7.45. The van der Waals surface area contributed by atoms with Crippen LogP contribution in [-0.2, 0) is 18.0 Å². The van der Waals surface area contributed by atoms with Gasteiger partial charge < -0.3 is 28.0 Å². The molecule has 0 aliphatic heterocycles. The average Bonchev–Trinajstić information content (AvgIpc) is 2.64. The molecule has 27 heavy (non-hydrogen) atoms. The lowest BCUT2D eigenvalue weighted by Gasteiger charge is -2.28. The van der Waals surface area contributed by atoms with Gasteiger partial charge in [-0.15, -0.1) is 0 Å². The first-order valence-corrected chi connectivity index (χ1v) is 12.9. The van der Waals surface area contributed by atoms with Gasteiger partial charge in [-0.1, -0.05) is 26.7 Å². The predicted molar refractivity (Wildman–Crippen MR) is 113 cm³/mol. The fourth-order valence-electron chi connectivity index (χ4n) is 3.02. The Bertz CT molecular complexity index is 298. The van der Waals surface area contributed by atoms with Gasteiger partial charge in [0.15, 0.2) is 0 Å². The van der Waals surface area contributed by atoms with Crippen LogP contribution in [0.25, 0.3) is 0 Å². The van der Waals surface area contributed by atoms with Crippen molar-refractivity contribution in [3.8, 4) is 0 Å². The van der Waals surface area contributed by atoms with Crippen molar-refractivity contribution in [1.82, 2.24) is 4.90 Å². The van der Waals surface area contributed by atoms with Gasteiger partial charge in [-0.2, -0.15) is 0 Å². The van der Waals surface area contributed by atoms with Crippen LogP contribution in [0.2, 0.25) is 6.04 Å². The molecule has 0 rings (SSSR count). The summed E-state index contributed by atoms with van der Waals surface area (Å²) >= 11 is 0. The summed E-state index contributed by atoms with van der Waals surface area (Å²) in [6.07, 6.45) is 5.09. The lowest BCUT2D eigenvalue weighted by molar-refractivity contribution is 0.0141. The second-order valence-electron chi connectivity index (χ2n) is 6.82. The zero-order chi connectivity index (χ0) is 20.4. The van der Waals surface area contributed by atoms with E-state index in [1.54, 1.807) is 0 Å². The van der Waals surface area contributed by atoms with E-state index in [4.69, 9.17) is 18.0 Å². The Morgan fingerprint density at radius 2 is 1.33 bits per heavy atom. The van der Waals surface area contributed by atoms with Gasteiger partial charge in [-0.05, 0) is 53.1 Å². The largest absolute Gasteiger partial charge is 0.501 e. The van der Waals surface area contributed by atoms with E-state index in [1.807, 2.05) is 20.8 Å². The maximum absolute atomic E-state index is 10.3. The first-order chi connectivity index (χ1) is 13.1. The highest BCUT2D eigenvalue weighted by molar-refractivity contribution is 6.60. The van der Waals surface area contributed by atoms with Crippen LogP contribution in [-0.4, -0.2) is 77.6 Å². The standard InChI is InChI=1S/C20H45NO5Si/c1-6-11-14-21(15-12-7-2)18-20(22)19-23-16-13-17-27(24-8-3,25-9-4)26-10-5/h20,22H,6-19H2,1-5H3. The summed E-state index contributed by atoms with van der Waals surface area (Å²) < 4.78 is 23.3. The molecule has 164 valence electrons. The van der Waals surface area contributed by atoms with Gasteiger partial charge in [-0.25, -0.2) is 0 Å². The molecule has 0 radical (unpaired) electrons. The number of unbranched alkanes of at least 4 members (excludes halogenated alkanes) is 2. The Kier molecular flexibility index (Phi) is 18.0. The quantitative estimate of drug-likeness (QED) is 0.245. The number of aliphatic hydroxyl groups is 1. The molecule has 0 saturated heterocycles. The number of ether oxygens (including phenoxy) is 1. The summed E-state index contributed by atoms with van der Waals surface area (Å²) in [7, 11) is -2.58. The van der Waals surface area contributed by atoms with Crippen molar-refractivity contribution < 1.29 is 23.1 Å². The molecule has 6 nitrogen and oxygen atoms in total. The second-order valence-corrected chi connectivity index (χ2v) is 9.55. The molecule has 0 amide bonds. The Balaban J connectivity index is 4.17. The molecule has 7 heteroatoms. The summed E-state index contributed by atoms with van der Waals surface area (Å²) in [6, 6.07) is 0.748. The number of nitrogens with zero attached hydrogens (tertiary/aromatic N) is 1. The second kappa shape index (κ2) is 18.0. The number of hydrogen-bond acceptors (Lipinski definition) is 6. The Morgan fingerprint density at radius 3 is 1.78 bits per heavy atom. The minimum absolute atomic E-state index is 0.376. The van der Waals surface area contributed by atoms with Gasteiger partial charge in [0.25, 0.3) is 0 Å². The van der Waals surface area contributed by atoms with Gasteiger partial charge in [0.05, 0.1) is 12.7 Å². The van der Waals surface area contributed by atoms with E-state index in [2.05, 4.69) is 18.7 Å². The molecule has 1 N–H and O–H groups in total. The molecule has 0 aromatic rings. The van der Waals surface area contributed by atoms with Crippen LogP contribution in [0.15, 0.2) is 0 Å². The fraction of sp³-hybridized carbons (Fsp3) is 1.00. The molecule has 0 heterocycles. The van der Waals surface area contributed by atoms with E-state index >= 15 is 0 Å². The van der Waals surface area contributed by atoms with Gasteiger partial charge in [0.2, 0.25) is 0 Å². The molecule has 1 unspecified atom stereocenters. The first-order valence-electron chi connectivity index (χ1n) is 11.0. The summed E-state index contributed by atoms with van der Waals surface area (Å²) in [5.74, 6) is 0. The van der Waals surface area contributed by atoms with Crippen molar-refractivity contribution in [2.45, 2.75) is 78.9 Å². The molecule has 0 bridgehead atoms. The van der Waals surface area contributed by atoms with Gasteiger partial charge in [-0.3, -0.25) is 0 Å². The molecule has 0 aliphatic carbocycles. The SMILES string of the molecule is CCCCN(CCCC)CC(O)COCCC[Si](OCC)(OCC)OCC. The van der Waals surface area contributed by atoms with Crippen LogP contribution in [0.4, 0.5) is 0 Å². The zero-order valence-corrected chi connectivity index (χ0v) is 19.5. The number of hydrogen-bond donors (Lipinski definition) is 1. The number of rotatable bonds is 20. The highest BCUT2D eigenvalue weighted by atomic mass is 28.4. The van der Waals surface area contributed by atoms with E-state index in [-0.39, 0.29) is 0 Å². The van der Waals surface area contributed by atoms with Gasteiger partial charge in [0, 0.05) is 39.0 Å². The lowest BCUT2D eigenvalue weighted by atomic mass is 10.2. The summed E-state index contributed by atoms with van der Waals surface area (Å²) in [5.41, 5.74) is 0. The van der Waals surface area contributed by atoms with Crippen LogP contribution in [0, 0.1) is 0 Å². The van der Waals surface area contributed by atoms with Crippen molar-refractivity contribution in [2.24, 2.45) is 0 Å². The van der Waals surface area contributed by atoms with Crippen molar-refractivity contribution >= 4 is 8.80 Å². The summed E-state index contributed by atoms with van der Waals surface area (Å²) in [4.78, 5) is 2.36. The molecular formula is C20H45NO5Si. The van der Waals surface area contributed by atoms with Crippen LogP contribution in [0.3, 0.4) is 0 Å². The monoisotopic (exact) mass is 407 g/mol. The predicted octanol–water partition coefficient (Wildman–Crippen LogP) is 3.70. The third kappa shape index (κ3) is 13.7. The number of aliphatic hydroxyl groups excluding tert-OH is 1. The molecule has 0 saturated carbocycles. The summed E-state index contributed by atoms with van der Waals surface area (Å²) in [6.45, 7) is 15.9. The van der Waals surface area contributed by atoms with Crippen molar-refractivity contribution in [2.75, 3.05) is 52.7 Å². The fourth-order valence-corrected chi connectivity index (χ4v) is 5.60. The normalized spacial score (nSPS) is 13.4. The maximum Gasteiger partial charge on any atom is 0.501 e. The maximum atomic E-state index is 10.3. The van der Waals surface area contributed by atoms with Gasteiger partial charge in [0.1, 0.15) is 0 Å². The molecule has 0 aliphatic rings. The van der Waals surface area contributed by atoms with Crippen molar-refractivity contribution in [1.29, 1.82) is 0 Å². The molecule has 0 spiro atoms. The molecule has 0 fully saturated rings. The lowest BCUT2D eigenvalue weighted by Crippen LogP contribution is -2.46. The first kappa shape index (κ1) is 27.0. The highest BCUT2D eigenvalue weighted by Gasteiger charge is 2.39. The Hall–Kier alpha value is -0.0231. The molecular weight excluding hydrogens is 362 g/mol. The molecule has 1 atom stereocenters. The minimum Gasteiger partial charge on any atom is -0.389 e. The average molecular weight is 408 g/mol. The van der Waals surface area contributed by atoms with E-state index in [0.717, 1.165) is 25.6 Å². The highest BCUT2D eigenvalue weighted by Crippen LogP contribution is 2.18. The van der Waals surface area contributed by atoms with Crippen LogP contribution in [0.5, 0.6) is 0 Å². The van der Waals surface area contributed by atoms with Crippen LogP contribution >= 0.6 is 0 Å². The van der Waals surface area contributed by atoms with Crippen LogP contribution in [0.1, 0.15) is 66.7 Å². The summed E-state index contributed by atoms with van der Waals surface area (Å²) in [5, 5.41) is 10.3. The van der Waals surface area contributed by atoms with E-state index in [1.165, 1.54) is 25.7 Å². The van der Waals surface area contributed by atoms with E-state index in [9.17, 15) is 5.11 Å². The van der Waals surface area contributed by atoms with Crippen molar-refractivity contribution in [3.63, 3.8) is 0 Å². The third-order valence-electron chi connectivity index (χ3n) is 4.30. The smallest absolute Gasteiger partial charge is 0.389 e. The zero-order valence-electron chi connectivity index (χ0n) is 18.5.